The highest BCUT2D eigenvalue weighted by molar-refractivity contribution is 7.92. The smallest absolute Gasteiger partial charge is 0.251 e. The fraction of sp³-hybridized carbons (Fsp3) is 0.318. The minimum absolute atomic E-state index is 0.110. The van der Waals surface area contributed by atoms with E-state index in [2.05, 4.69) is 11.4 Å². The van der Waals surface area contributed by atoms with Crippen LogP contribution in [-0.4, -0.2) is 27.1 Å². The second kappa shape index (κ2) is 9.06. The van der Waals surface area contributed by atoms with Gasteiger partial charge in [-0.3, -0.25) is 9.10 Å². The number of hydrogen-bond donors (Lipinski definition) is 1. The molecule has 0 heterocycles. The van der Waals surface area contributed by atoms with Gasteiger partial charge in [0, 0.05) is 12.1 Å². The fourth-order valence-electron chi connectivity index (χ4n) is 3.28. The quantitative estimate of drug-likeness (QED) is 0.720. The first-order valence-corrected chi connectivity index (χ1v) is 11.4. The maximum Gasteiger partial charge on any atom is 0.251 e. The summed E-state index contributed by atoms with van der Waals surface area (Å²) < 4.78 is 25.8. The van der Waals surface area contributed by atoms with Gasteiger partial charge in [-0.25, -0.2) is 8.42 Å². The number of hydrogen-bond acceptors (Lipinski definition) is 3. The number of carbonyl (C=O) groups excluding carboxylic acids is 1. The Morgan fingerprint density at radius 2 is 1.75 bits per heavy atom. The zero-order valence-electron chi connectivity index (χ0n) is 16.1. The van der Waals surface area contributed by atoms with Gasteiger partial charge >= 0.3 is 0 Å². The topological polar surface area (TPSA) is 66.5 Å². The molecule has 0 spiro atoms. The number of allylic oxidation sites excluding steroid dienone is 1. The van der Waals surface area contributed by atoms with Gasteiger partial charge in [-0.2, -0.15) is 0 Å². The SMILES string of the molecule is CS(=O)(=O)N(Cc1ccc(C(=O)NCC2=CCCCC2)cc1)c1ccccc1. The average molecular weight is 399 g/mol. The van der Waals surface area contributed by atoms with E-state index in [1.54, 1.807) is 36.4 Å². The molecule has 0 radical (unpaired) electrons. The van der Waals surface area contributed by atoms with Crippen molar-refractivity contribution in [3.63, 3.8) is 0 Å². The molecule has 0 bridgehead atoms. The molecule has 6 heteroatoms. The van der Waals surface area contributed by atoms with Crippen molar-refractivity contribution in [1.82, 2.24) is 5.32 Å². The fourth-order valence-corrected chi connectivity index (χ4v) is 4.17. The Hall–Kier alpha value is -2.60. The first-order valence-electron chi connectivity index (χ1n) is 9.51. The highest BCUT2D eigenvalue weighted by Gasteiger charge is 2.18. The predicted molar refractivity (Wildman–Crippen MR) is 113 cm³/mol. The van der Waals surface area contributed by atoms with Crippen molar-refractivity contribution < 1.29 is 13.2 Å². The van der Waals surface area contributed by atoms with E-state index in [0.29, 0.717) is 17.8 Å². The van der Waals surface area contributed by atoms with Crippen LogP contribution in [0.5, 0.6) is 0 Å². The summed E-state index contributed by atoms with van der Waals surface area (Å²) in [4.78, 5) is 12.4. The molecule has 0 saturated heterocycles. The molecule has 148 valence electrons. The van der Waals surface area contributed by atoms with E-state index in [4.69, 9.17) is 0 Å². The van der Waals surface area contributed by atoms with Crippen LogP contribution in [0.3, 0.4) is 0 Å². The van der Waals surface area contributed by atoms with E-state index < -0.39 is 10.0 Å². The molecule has 0 aromatic heterocycles. The van der Waals surface area contributed by atoms with Gasteiger partial charge in [0.05, 0.1) is 18.5 Å². The Bertz CT molecular complexity index is 936. The summed E-state index contributed by atoms with van der Waals surface area (Å²) in [6.07, 6.45) is 7.98. The summed E-state index contributed by atoms with van der Waals surface area (Å²) in [6, 6.07) is 16.1. The van der Waals surface area contributed by atoms with Crippen LogP contribution < -0.4 is 9.62 Å². The Morgan fingerprint density at radius 1 is 1.04 bits per heavy atom. The van der Waals surface area contributed by atoms with Crippen LogP contribution in [-0.2, 0) is 16.6 Å². The standard InChI is InChI=1S/C22H26N2O3S/c1-28(26,27)24(21-10-6-3-7-11-21)17-19-12-14-20(15-13-19)22(25)23-16-18-8-4-2-5-9-18/h3,6-8,10-15H,2,4-5,9,16-17H2,1H3,(H,23,25). The van der Waals surface area contributed by atoms with E-state index in [9.17, 15) is 13.2 Å². The van der Waals surface area contributed by atoms with Crippen molar-refractivity contribution >= 4 is 21.6 Å². The molecule has 2 aromatic carbocycles. The molecular weight excluding hydrogens is 372 g/mol. The average Bonchev–Trinajstić information content (AvgIpc) is 2.71. The Morgan fingerprint density at radius 3 is 2.36 bits per heavy atom. The Labute approximate surface area is 167 Å². The van der Waals surface area contributed by atoms with E-state index in [0.717, 1.165) is 18.4 Å². The van der Waals surface area contributed by atoms with Crippen LogP contribution in [0.1, 0.15) is 41.6 Å². The third-order valence-electron chi connectivity index (χ3n) is 4.85. The van der Waals surface area contributed by atoms with Crippen LogP contribution in [0.4, 0.5) is 5.69 Å². The molecule has 1 amide bonds. The highest BCUT2D eigenvalue weighted by atomic mass is 32.2. The number of amides is 1. The molecule has 0 aliphatic heterocycles. The molecule has 1 aliphatic rings. The third-order valence-corrected chi connectivity index (χ3v) is 5.99. The highest BCUT2D eigenvalue weighted by Crippen LogP contribution is 2.20. The van der Waals surface area contributed by atoms with Gasteiger partial charge in [-0.15, -0.1) is 0 Å². The number of nitrogens with zero attached hydrogens (tertiary/aromatic N) is 1. The lowest BCUT2D eigenvalue weighted by Crippen LogP contribution is -2.29. The molecule has 5 nitrogen and oxygen atoms in total. The first kappa shape index (κ1) is 20.1. The van der Waals surface area contributed by atoms with Gasteiger partial charge in [0.2, 0.25) is 10.0 Å². The summed E-state index contributed by atoms with van der Waals surface area (Å²) in [5, 5.41) is 2.97. The number of para-hydroxylation sites is 1. The third kappa shape index (κ3) is 5.45. The van der Waals surface area contributed by atoms with Crippen LogP contribution in [0, 0.1) is 0 Å². The maximum atomic E-state index is 12.4. The second-order valence-corrected chi connectivity index (χ2v) is 9.00. The number of anilines is 1. The van der Waals surface area contributed by atoms with Crippen LogP contribution in [0.15, 0.2) is 66.2 Å². The lowest BCUT2D eigenvalue weighted by Gasteiger charge is -2.22. The molecule has 0 fully saturated rings. The molecule has 1 N–H and O–H groups in total. The zero-order valence-corrected chi connectivity index (χ0v) is 16.9. The predicted octanol–water partition coefficient (Wildman–Crippen LogP) is 3.88. The molecular formula is C22H26N2O3S. The van der Waals surface area contributed by atoms with Crippen molar-refractivity contribution in [1.29, 1.82) is 0 Å². The summed E-state index contributed by atoms with van der Waals surface area (Å²) in [5.41, 5.74) is 3.31. The molecule has 1 aliphatic carbocycles. The summed E-state index contributed by atoms with van der Waals surface area (Å²) in [5.74, 6) is -0.110. The summed E-state index contributed by atoms with van der Waals surface area (Å²) >= 11 is 0. The number of nitrogens with one attached hydrogen (secondary N) is 1. The number of benzene rings is 2. The second-order valence-electron chi connectivity index (χ2n) is 7.09. The van der Waals surface area contributed by atoms with Gasteiger partial charge in [0.25, 0.3) is 5.91 Å². The molecule has 3 rings (SSSR count). The van der Waals surface area contributed by atoms with Crippen molar-refractivity contribution in [2.24, 2.45) is 0 Å². The van der Waals surface area contributed by atoms with Crippen molar-refractivity contribution in [2.45, 2.75) is 32.2 Å². The number of sulfonamides is 1. The van der Waals surface area contributed by atoms with Crippen LogP contribution in [0.25, 0.3) is 0 Å². The molecule has 2 aromatic rings. The summed E-state index contributed by atoms with van der Waals surface area (Å²) in [6.45, 7) is 0.814. The molecule has 0 atom stereocenters. The number of rotatable bonds is 7. The minimum atomic E-state index is -3.42. The maximum absolute atomic E-state index is 12.4. The first-order chi connectivity index (χ1) is 13.4. The van der Waals surface area contributed by atoms with Crippen LogP contribution in [0.2, 0.25) is 0 Å². The largest absolute Gasteiger partial charge is 0.348 e. The number of carbonyl (C=O) groups is 1. The van der Waals surface area contributed by atoms with Gasteiger partial charge < -0.3 is 5.32 Å². The van der Waals surface area contributed by atoms with Crippen molar-refractivity contribution in [2.75, 3.05) is 17.1 Å². The Balaban J connectivity index is 1.66. The van der Waals surface area contributed by atoms with E-state index in [1.165, 1.54) is 29.0 Å². The summed E-state index contributed by atoms with van der Waals surface area (Å²) in [7, 11) is -3.42. The lowest BCUT2D eigenvalue weighted by molar-refractivity contribution is 0.0956. The molecule has 28 heavy (non-hydrogen) atoms. The van der Waals surface area contributed by atoms with E-state index >= 15 is 0 Å². The van der Waals surface area contributed by atoms with Gasteiger partial charge in [0.15, 0.2) is 0 Å². The zero-order chi connectivity index (χ0) is 20.0. The monoisotopic (exact) mass is 398 g/mol. The minimum Gasteiger partial charge on any atom is -0.348 e. The molecule has 0 saturated carbocycles. The van der Waals surface area contributed by atoms with Crippen LogP contribution >= 0.6 is 0 Å². The normalized spacial score (nSPS) is 14.2. The van der Waals surface area contributed by atoms with Gasteiger partial charge in [-0.05, 0) is 55.5 Å². The van der Waals surface area contributed by atoms with Gasteiger partial charge in [0.1, 0.15) is 0 Å². The molecule has 0 unspecified atom stereocenters. The van der Waals surface area contributed by atoms with E-state index in [1.807, 2.05) is 18.2 Å². The van der Waals surface area contributed by atoms with Crippen molar-refractivity contribution in [3.8, 4) is 0 Å². The lowest BCUT2D eigenvalue weighted by atomic mass is 9.99. The van der Waals surface area contributed by atoms with Crippen molar-refractivity contribution in [3.05, 3.63) is 77.4 Å². The van der Waals surface area contributed by atoms with E-state index in [-0.39, 0.29) is 12.5 Å². The Kier molecular flexibility index (Phi) is 6.52. The van der Waals surface area contributed by atoms with Gasteiger partial charge in [-0.1, -0.05) is 42.0 Å².